The van der Waals surface area contributed by atoms with Gasteiger partial charge in [-0.2, -0.15) is 5.26 Å². The molecule has 8 heteroatoms. The summed E-state index contributed by atoms with van der Waals surface area (Å²) < 4.78 is 0. The maximum atomic E-state index is 8.85. The smallest absolute Gasteiger partial charge is 0.158 e. The fourth-order valence-electron chi connectivity index (χ4n) is 4.49. The number of pyridine rings is 2. The van der Waals surface area contributed by atoms with Crippen LogP contribution in [0.5, 0.6) is 0 Å². The Hall–Kier alpha value is -3.18. The van der Waals surface area contributed by atoms with Gasteiger partial charge in [-0.1, -0.05) is 0 Å². The highest BCUT2D eigenvalue weighted by Crippen LogP contribution is 2.40. The predicted octanol–water partition coefficient (Wildman–Crippen LogP) is 2.27. The van der Waals surface area contributed by atoms with Crippen LogP contribution in [0.4, 0.5) is 11.6 Å². The minimum absolute atomic E-state index is 0.312. The van der Waals surface area contributed by atoms with Crippen molar-refractivity contribution < 1.29 is 0 Å². The van der Waals surface area contributed by atoms with Crippen LogP contribution in [0.1, 0.15) is 26.2 Å². The van der Waals surface area contributed by atoms with Crippen molar-refractivity contribution in [2.24, 2.45) is 22.4 Å². The van der Waals surface area contributed by atoms with E-state index in [2.05, 4.69) is 26.3 Å². The predicted molar refractivity (Wildman–Crippen MR) is 114 cm³/mol. The number of rotatable bonds is 6. The summed E-state index contributed by atoms with van der Waals surface area (Å²) in [6, 6.07) is 8.92. The van der Waals surface area contributed by atoms with E-state index < -0.39 is 0 Å². The standard InChI is InChI=1S/C21H26N8/c1-13(23)8-19(24)27-20-11-18-16(4-2-6-25-18)21(28-20)26-17-10-15-9-14(17)12-29(15)7-3-5-22/h2,4,6,8,11,14-15,17H,3,7,9-10,12,23H2,1H3,(H3,24,26,27,28)/b13-8-/t14?,15-,17-/m0/s1. The minimum atomic E-state index is 0.312. The van der Waals surface area contributed by atoms with Crippen LogP contribution < -0.4 is 16.8 Å². The summed E-state index contributed by atoms with van der Waals surface area (Å²) in [7, 11) is 0. The average Bonchev–Trinajstić information content (AvgIpc) is 3.25. The number of amidine groups is 1. The average molecular weight is 390 g/mol. The van der Waals surface area contributed by atoms with Gasteiger partial charge in [0.05, 0.1) is 11.6 Å². The van der Waals surface area contributed by atoms with Crippen LogP contribution in [0.15, 0.2) is 41.2 Å². The zero-order valence-corrected chi connectivity index (χ0v) is 16.5. The Bertz CT molecular complexity index is 1000. The van der Waals surface area contributed by atoms with Gasteiger partial charge in [0.2, 0.25) is 0 Å². The number of hydrogen-bond acceptors (Lipinski definition) is 7. The summed E-state index contributed by atoms with van der Waals surface area (Å²) in [5.74, 6) is 2.17. The van der Waals surface area contributed by atoms with E-state index in [1.165, 1.54) is 6.42 Å². The van der Waals surface area contributed by atoms with Crippen molar-refractivity contribution >= 4 is 28.4 Å². The molecule has 1 aliphatic heterocycles. The summed E-state index contributed by atoms with van der Waals surface area (Å²) >= 11 is 0. The van der Waals surface area contributed by atoms with Crippen molar-refractivity contribution in [1.82, 2.24) is 14.9 Å². The molecule has 0 aromatic carbocycles. The lowest BCUT2D eigenvalue weighted by Crippen LogP contribution is -2.41. The first-order valence-corrected chi connectivity index (χ1v) is 9.94. The Morgan fingerprint density at radius 1 is 1.45 bits per heavy atom. The van der Waals surface area contributed by atoms with E-state index in [0.29, 0.717) is 41.8 Å². The molecule has 0 spiro atoms. The topological polar surface area (TPSA) is 129 Å². The fourth-order valence-corrected chi connectivity index (χ4v) is 4.49. The van der Waals surface area contributed by atoms with Crippen LogP contribution in [0.2, 0.25) is 0 Å². The molecule has 2 aromatic rings. The first-order valence-electron chi connectivity index (χ1n) is 9.94. The van der Waals surface area contributed by atoms with Crippen molar-refractivity contribution in [1.29, 1.82) is 5.26 Å². The number of piperidine rings is 1. The molecule has 3 heterocycles. The van der Waals surface area contributed by atoms with Crippen LogP contribution in [-0.4, -0.2) is 45.9 Å². The highest BCUT2D eigenvalue weighted by atomic mass is 15.2. The summed E-state index contributed by atoms with van der Waals surface area (Å²) in [5, 5.41) is 13.5. The van der Waals surface area contributed by atoms with Crippen LogP contribution in [0.25, 0.3) is 10.9 Å². The number of aromatic nitrogens is 2. The van der Waals surface area contributed by atoms with Crippen molar-refractivity contribution in [2.45, 2.75) is 38.3 Å². The molecule has 2 bridgehead atoms. The molecular formula is C21H26N8. The lowest BCUT2D eigenvalue weighted by molar-refractivity contribution is 0.210. The van der Waals surface area contributed by atoms with Crippen LogP contribution in [-0.2, 0) is 0 Å². The van der Waals surface area contributed by atoms with E-state index in [9.17, 15) is 0 Å². The SMILES string of the molecule is C/C(N)=C/C(N)=Nc1cc2ncccc2c(N[C@H]2C[C@@H]3CC2CN3CCC#N)n1. The molecule has 0 amide bonds. The summed E-state index contributed by atoms with van der Waals surface area (Å²) in [5.41, 5.74) is 13.1. The molecule has 1 aliphatic carbocycles. The molecule has 1 saturated heterocycles. The number of nitrogens with one attached hydrogen (secondary N) is 1. The zero-order valence-electron chi connectivity index (χ0n) is 16.5. The van der Waals surface area contributed by atoms with Gasteiger partial charge in [0.25, 0.3) is 0 Å². The second-order valence-corrected chi connectivity index (χ2v) is 7.86. The first-order chi connectivity index (χ1) is 14.0. The first kappa shape index (κ1) is 19.2. The Morgan fingerprint density at radius 2 is 2.31 bits per heavy atom. The van der Waals surface area contributed by atoms with Gasteiger partial charge in [-0.05, 0) is 43.9 Å². The Kier molecular flexibility index (Phi) is 5.32. The van der Waals surface area contributed by atoms with Gasteiger partial charge >= 0.3 is 0 Å². The van der Waals surface area contributed by atoms with Crippen LogP contribution in [0.3, 0.4) is 0 Å². The Morgan fingerprint density at radius 3 is 3.03 bits per heavy atom. The number of nitrogens with two attached hydrogens (primary N) is 2. The zero-order chi connectivity index (χ0) is 20.4. The van der Waals surface area contributed by atoms with E-state index in [1.807, 2.05) is 18.2 Å². The number of hydrogen-bond donors (Lipinski definition) is 3. The van der Waals surface area contributed by atoms with Gasteiger partial charge in [-0.25, -0.2) is 9.98 Å². The fraction of sp³-hybridized carbons (Fsp3) is 0.429. The third-order valence-electron chi connectivity index (χ3n) is 5.69. The van der Waals surface area contributed by atoms with Crippen molar-refractivity contribution in [2.75, 3.05) is 18.4 Å². The minimum Gasteiger partial charge on any atom is -0.402 e. The van der Waals surface area contributed by atoms with E-state index in [0.717, 1.165) is 36.2 Å². The molecule has 3 atom stereocenters. The molecule has 1 saturated carbocycles. The maximum Gasteiger partial charge on any atom is 0.158 e. The largest absolute Gasteiger partial charge is 0.402 e. The van der Waals surface area contributed by atoms with Crippen molar-refractivity contribution in [3.8, 4) is 6.07 Å². The van der Waals surface area contributed by atoms with E-state index in [1.54, 1.807) is 19.2 Å². The van der Waals surface area contributed by atoms with Gasteiger partial charge < -0.3 is 16.8 Å². The molecule has 1 unspecified atom stereocenters. The van der Waals surface area contributed by atoms with Crippen LogP contribution in [0, 0.1) is 17.2 Å². The molecule has 29 heavy (non-hydrogen) atoms. The van der Waals surface area contributed by atoms with Gasteiger partial charge in [0.1, 0.15) is 11.7 Å². The molecule has 5 N–H and O–H groups in total. The molecule has 2 aliphatic rings. The number of likely N-dealkylation sites (tertiary alicyclic amines) is 1. The second-order valence-electron chi connectivity index (χ2n) is 7.86. The number of nitrogens with zero attached hydrogens (tertiary/aromatic N) is 5. The quantitative estimate of drug-likeness (QED) is 0.509. The van der Waals surface area contributed by atoms with Crippen molar-refractivity contribution in [3.63, 3.8) is 0 Å². The van der Waals surface area contributed by atoms with Crippen LogP contribution >= 0.6 is 0 Å². The summed E-state index contributed by atoms with van der Waals surface area (Å²) in [6.45, 7) is 3.67. The molecule has 2 aromatic heterocycles. The van der Waals surface area contributed by atoms with E-state index in [4.69, 9.17) is 21.7 Å². The van der Waals surface area contributed by atoms with E-state index >= 15 is 0 Å². The maximum absolute atomic E-state index is 8.85. The number of anilines is 1. The van der Waals surface area contributed by atoms with Gasteiger partial charge in [0, 0.05) is 54.9 Å². The van der Waals surface area contributed by atoms with Gasteiger partial charge in [-0.15, -0.1) is 0 Å². The van der Waals surface area contributed by atoms with Crippen molar-refractivity contribution in [3.05, 3.63) is 36.2 Å². The van der Waals surface area contributed by atoms with Gasteiger partial charge in [0.15, 0.2) is 5.82 Å². The Balaban J connectivity index is 1.58. The second kappa shape index (κ2) is 8.05. The highest BCUT2D eigenvalue weighted by molar-refractivity contribution is 5.95. The summed E-state index contributed by atoms with van der Waals surface area (Å²) in [6.07, 6.45) is 6.20. The molecule has 8 nitrogen and oxygen atoms in total. The molecule has 0 radical (unpaired) electrons. The normalized spacial score (nSPS) is 24.8. The lowest BCUT2D eigenvalue weighted by atomic mass is 10.0. The third kappa shape index (κ3) is 4.15. The number of aliphatic imine (C=N–C) groups is 1. The number of fused-ring (bicyclic) bond motifs is 3. The summed E-state index contributed by atoms with van der Waals surface area (Å²) in [4.78, 5) is 16.0. The lowest BCUT2D eigenvalue weighted by Gasteiger charge is -2.31. The molecular weight excluding hydrogens is 364 g/mol. The van der Waals surface area contributed by atoms with E-state index in [-0.39, 0.29) is 0 Å². The molecule has 2 fully saturated rings. The number of nitriles is 1. The molecule has 4 rings (SSSR count). The Labute approximate surface area is 170 Å². The molecule has 150 valence electrons. The third-order valence-corrected chi connectivity index (χ3v) is 5.69. The monoisotopic (exact) mass is 390 g/mol. The highest BCUT2D eigenvalue weighted by Gasteiger charge is 2.44. The number of allylic oxidation sites excluding steroid dienone is 1. The van der Waals surface area contributed by atoms with Gasteiger partial charge in [-0.3, -0.25) is 9.88 Å².